The summed E-state index contributed by atoms with van der Waals surface area (Å²) in [6, 6.07) is 0. The summed E-state index contributed by atoms with van der Waals surface area (Å²) in [5.74, 6) is 0. The molecule has 0 radical (unpaired) electrons. The molecule has 0 atom stereocenters. The first-order valence-electron chi connectivity index (χ1n) is 38.7. The highest BCUT2D eigenvalue weighted by molar-refractivity contribution is 4.74. The van der Waals surface area contributed by atoms with Gasteiger partial charge < -0.3 is 128 Å². The quantitative estimate of drug-likeness (QED) is 0.0373. The van der Waals surface area contributed by atoms with Crippen LogP contribution in [0.15, 0.2) is 0 Å². The fourth-order valence-electron chi connectivity index (χ4n) is 13.0. The van der Waals surface area contributed by atoms with E-state index in [1.165, 1.54) is 0 Å². The van der Waals surface area contributed by atoms with Crippen molar-refractivity contribution in [2.24, 2.45) is 74.5 Å². The van der Waals surface area contributed by atoms with Crippen LogP contribution in [0.25, 0.3) is 0 Å². The maximum atomic E-state index is 6.13. The summed E-state index contributed by atoms with van der Waals surface area (Å²) in [6.07, 6.45) is 25.0. The first kappa shape index (κ1) is 92.0. The maximum absolute atomic E-state index is 6.13. The summed E-state index contributed by atoms with van der Waals surface area (Å²) in [4.78, 5) is 29.1. The van der Waals surface area contributed by atoms with Crippen LogP contribution in [-0.4, -0.2) is 355 Å². The van der Waals surface area contributed by atoms with Gasteiger partial charge in [-0.25, -0.2) is 0 Å². The molecule has 0 amide bonds. The van der Waals surface area contributed by atoms with Crippen molar-refractivity contribution >= 4 is 0 Å². The monoisotopic (exact) mass is 1330 g/mol. The van der Waals surface area contributed by atoms with Crippen LogP contribution in [0.1, 0.15) is 148 Å². The molecule has 0 fully saturated rings. The Morgan fingerprint density at radius 3 is 0.194 bits per heavy atom. The lowest BCUT2D eigenvalue weighted by molar-refractivity contribution is 0.183. The summed E-state index contributed by atoms with van der Waals surface area (Å²) in [5, 5.41) is 0. The predicted octanol–water partition coefficient (Wildman–Crippen LogP) is -0.256. The van der Waals surface area contributed by atoms with Crippen molar-refractivity contribution in [2.75, 3.05) is 301 Å². The average molecular weight is 1330 g/mol. The molecule has 0 heterocycles. The third kappa shape index (κ3) is 58.5. The van der Waals surface area contributed by atoms with Crippen LogP contribution < -0.4 is 74.5 Å². The lowest BCUT2D eigenvalue weighted by atomic mass is 10.2. The molecule has 0 saturated heterocycles. The zero-order chi connectivity index (χ0) is 68.1. The fraction of sp³-hybridized carbons (Fsp3) is 1.00. The van der Waals surface area contributed by atoms with Crippen molar-refractivity contribution in [1.82, 2.24) is 53.9 Å². The Hall–Kier alpha value is -0.960. The third-order valence-corrected chi connectivity index (χ3v) is 18.3. The Bertz CT molecular complexity index is 1320. The molecule has 0 rings (SSSR count). The lowest BCUT2D eigenvalue weighted by Crippen LogP contribution is -2.37. The lowest BCUT2D eigenvalue weighted by Gasteiger charge is -2.29. The summed E-state index contributed by atoms with van der Waals surface area (Å²) >= 11 is 0. The average Bonchev–Trinajstić information content (AvgIpc) is 3.79. The third-order valence-electron chi connectivity index (χ3n) is 18.3. The van der Waals surface area contributed by atoms with Gasteiger partial charge in [0.25, 0.3) is 0 Å². The number of hydrogen-bond acceptors (Lipinski definition) is 24. The maximum Gasteiger partial charge on any atom is -0.000653 e. The van der Waals surface area contributed by atoms with Crippen molar-refractivity contribution in [3.63, 3.8) is 0 Å². The van der Waals surface area contributed by atoms with Crippen LogP contribution >= 0.6 is 0 Å². The SMILES string of the molecule is NCCCN(CCCN)CCCN(CCCN)CCCN(CCCN)CCCN(CCCN)CCCN(CCCN)CCCN(CCCN)CCCN(CCCN)CCCN(CCCN)CCCN(CCCN)CCCN(CCCN)CCCN(CCCN)CCCN. The summed E-state index contributed by atoms with van der Waals surface area (Å²) in [7, 11) is 0. The van der Waals surface area contributed by atoms with E-state index in [-0.39, 0.29) is 0 Å². The molecule has 0 aliphatic carbocycles. The predicted molar refractivity (Wildman–Crippen MR) is 405 cm³/mol. The van der Waals surface area contributed by atoms with Crippen molar-refractivity contribution in [3.05, 3.63) is 0 Å². The molecule has 560 valence electrons. The van der Waals surface area contributed by atoms with Crippen molar-refractivity contribution < 1.29 is 0 Å². The van der Waals surface area contributed by atoms with Crippen LogP contribution in [0.4, 0.5) is 0 Å². The van der Waals surface area contributed by atoms with Gasteiger partial charge in [-0.2, -0.15) is 0 Å². The topological polar surface area (TPSA) is 374 Å². The molecule has 0 saturated carbocycles. The van der Waals surface area contributed by atoms with Crippen LogP contribution in [-0.2, 0) is 0 Å². The van der Waals surface area contributed by atoms with Gasteiger partial charge in [-0.1, -0.05) is 0 Å². The van der Waals surface area contributed by atoms with Gasteiger partial charge >= 0.3 is 0 Å². The van der Waals surface area contributed by atoms with Crippen LogP contribution in [0.5, 0.6) is 0 Å². The highest BCUT2D eigenvalue weighted by atomic mass is 15.2. The normalized spacial score (nSPS) is 12.5. The van der Waals surface area contributed by atoms with Gasteiger partial charge in [0, 0.05) is 0 Å². The molecule has 24 heteroatoms. The molecule has 0 aromatic rings. The smallest absolute Gasteiger partial charge is 0.000653 e. The zero-order valence-electron chi connectivity index (χ0n) is 61.2. The van der Waals surface area contributed by atoms with Crippen molar-refractivity contribution in [2.45, 2.75) is 148 Å². The number of nitrogens with zero attached hydrogens (tertiary/aromatic N) is 11. The minimum absolute atomic E-state index is 0.725. The molecule has 24 nitrogen and oxygen atoms in total. The van der Waals surface area contributed by atoms with E-state index in [4.69, 9.17) is 74.5 Å². The van der Waals surface area contributed by atoms with E-state index < -0.39 is 0 Å². The Labute approximate surface area is 574 Å². The molecular weight excluding hydrogens is 1160 g/mol. The Morgan fingerprint density at radius 2 is 0.140 bits per heavy atom. The van der Waals surface area contributed by atoms with E-state index in [9.17, 15) is 0 Å². The van der Waals surface area contributed by atoms with Gasteiger partial charge in [0.15, 0.2) is 0 Å². The van der Waals surface area contributed by atoms with Gasteiger partial charge in [-0.15, -0.1) is 0 Å². The molecule has 0 aliphatic heterocycles. The van der Waals surface area contributed by atoms with E-state index in [0.29, 0.717) is 0 Å². The van der Waals surface area contributed by atoms with Crippen LogP contribution in [0, 0.1) is 0 Å². The van der Waals surface area contributed by atoms with Gasteiger partial charge in [-0.3, -0.25) is 0 Å². The summed E-state index contributed by atoms with van der Waals surface area (Å²) in [5.41, 5.74) is 78.1. The number of rotatable bonds is 79. The largest absolute Gasteiger partial charge is 0.330 e. The second-order valence-corrected chi connectivity index (χ2v) is 26.6. The summed E-state index contributed by atoms with van der Waals surface area (Å²) in [6.45, 7) is 45.3. The fourth-order valence-corrected chi connectivity index (χ4v) is 13.0. The first-order valence-corrected chi connectivity index (χ1v) is 38.7. The van der Waals surface area contributed by atoms with E-state index in [0.717, 1.165) is 449 Å². The zero-order valence-corrected chi connectivity index (χ0v) is 61.2. The highest BCUT2D eigenvalue weighted by Gasteiger charge is 2.17. The molecule has 0 aliphatic rings. The van der Waals surface area contributed by atoms with Gasteiger partial charge in [0.2, 0.25) is 0 Å². The van der Waals surface area contributed by atoms with Gasteiger partial charge in [-0.05, 0) is 449 Å². The van der Waals surface area contributed by atoms with Gasteiger partial charge in [0.1, 0.15) is 0 Å². The minimum atomic E-state index is 0.725. The Morgan fingerprint density at radius 1 is 0.0860 bits per heavy atom. The molecule has 0 aromatic heterocycles. The molecular formula is C69H164N24. The molecule has 26 N–H and O–H groups in total. The van der Waals surface area contributed by atoms with E-state index in [1.807, 2.05) is 0 Å². The molecule has 93 heavy (non-hydrogen) atoms. The van der Waals surface area contributed by atoms with E-state index in [2.05, 4.69) is 53.9 Å². The van der Waals surface area contributed by atoms with Gasteiger partial charge in [0.05, 0.1) is 0 Å². The highest BCUT2D eigenvalue weighted by Crippen LogP contribution is 2.10. The number of hydrogen-bond donors (Lipinski definition) is 13. The second-order valence-electron chi connectivity index (χ2n) is 26.6. The summed E-state index contributed by atoms with van der Waals surface area (Å²) < 4.78 is 0. The van der Waals surface area contributed by atoms with E-state index >= 15 is 0 Å². The molecule has 0 aromatic carbocycles. The Kier molecular flexibility index (Phi) is 71.6. The molecule has 0 bridgehead atoms. The van der Waals surface area contributed by atoms with Crippen molar-refractivity contribution in [3.8, 4) is 0 Å². The minimum Gasteiger partial charge on any atom is -0.330 e. The second kappa shape index (κ2) is 72.3. The van der Waals surface area contributed by atoms with E-state index in [1.54, 1.807) is 0 Å². The van der Waals surface area contributed by atoms with Crippen LogP contribution in [0.2, 0.25) is 0 Å². The van der Waals surface area contributed by atoms with Crippen molar-refractivity contribution in [1.29, 1.82) is 0 Å². The molecule has 0 unspecified atom stereocenters. The number of nitrogens with two attached hydrogens (primary N) is 13. The van der Waals surface area contributed by atoms with Crippen LogP contribution in [0.3, 0.4) is 0 Å². The Balaban J connectivity index is 5.41. The standard InChI is InChI=1S/C69H164N24/c70-24-1-37-83(38-2-25-71)50-14-52-85(41-5-28-74)54-16-56-87(43-7-30-76)58-18-60-89(45-9-32-78)62-20-64-91(47-11-34-80)66-22-68-93(49-13-36-82)69-23-67-92(48-12-35-81)65-21-63-90(46-10-33-79)61-19-59-88(44-8-31-77)57-17-55-86(42-6-29-75)53-15-51-84(39-3-26-72)40-4-27-73/h1-82H2. The first-order chi connectivity index (χ1) is 45.7. The molecule has 0 spiro atoms.